The summed E-state index contributed by atoms with van der Waals surface area (Å²) in [6.07, 6.45) is 4.62. The zero-order chi connectivity index (χ0) is 13.9. The monoisotopic (exact) mass is 347 g/mol. The van der Waals surface area contributed by atoms with Gasteiger partial charge in [-0.05, 0) is 63.8 Å². The van der Waals surface area contributed by atoms with Gasteiger partial charge in [0, 0.05) is 22.9 Å². The van der Waals surface area contributed by atoms with Crippen LogP contribution >= 0.6 is 27.3 Å². The van der Waals surface area contributed by atoms with Gasteiger partial charge in [-0.1, -0.05) is 0 Å². The summed E-state index contributed by atoms with van der Waals surface area (Å²) in [7, 11) is 0. The summed E-state index contributed by atoms with van der Waals surface area (Å²) in [5, 5.41) is 7.84. The minimum Gasteiger partial charge on any atom is -0.380 e. The predicted molar refractivity (Wildman–Crippen MR) is 88.3 cm³/mol. The summed E-state index contributed by atoms with van der Waals surface area (Å²) >= 11 is 5.16. The topological polar surface area (TPSA) is 37.8 Å². The minimum atomic E-state index is 0.348. The Morgan fingerprint density at radius 3 is 3.05 bits per heavy atom. The number of pyridine rings is 2. The first-order chi connectivity index (χ1) is 9.72. The molecule has 5 heteroatoms. The highest BCUT2D eigenvalue weighted by atomic mass is 79.9. The van der Waals surface area contributed by atoms with Gasteiger partial charge < -0.3 is 5.32 Å². The molecule has 0 amide bonds. The molecule has 0 aliphatic rings. The van der Waals surface area contributed by atoms with Crippen LogP contribution in [0.15, 0.2) is 45.8 Å². The zero-order valence-electron chi connectivity index (χ0n) is 11.0. The number of anilines is 1. The van der Waals surface area contributed by atoms with E-state index in [9.17, 15) is 0 Å². The molecule has 0 aliphatic heterocycles. The second-order valence-electron chi connectivity index (χ2n) is 4.76. The van der Waals surface area contributed by atoms with Crippen LogP contribution in [0.2, 0.25) is 0 Å². The maximum absolute atomic E-state index is 4.46. The summed E-state index contributed by atoms with van der Waals surface area (Å²) in [6.45, 7) is 2.18. The Labute approximate surface area is 130 Å². The molecule has 102 valence electrons. The normalized spacial score (nSPS) is 12.5. The molecule has 3 aromatic rings. The van der Waals surface area contributed by atoms with E-state index in [0.29, 0.717) is 6.04 Å². The van der Waals surface area contributed by atoms with Gasteiger partial charge in [-0.2, -0.15) is 11.3 Å². The molecule has 0 fully saturated rings. The van der Waals surface area contributed by atoms with E-state index in [1.807, 2.05) is 18.3 Å². The van der Waals surface area contributed by atoms with Crippen molar-refractivity contribution >= 4 is 44.0 Å². The lowest BCUT2D eigenvalue weighted by Gasteiger charge is -2.15. The van der Waals surface area contributed by atoms with Crippen molar-refractivity contribution in [2.45, 2.75) is 19.4 Å². The van der Waals surface area contributed by atoms with Crippen LogP contribution in [0.1, 0.15) is 12.5 Å². The lowest BCUT2D eigenvalue weighted by molar-refractivity contribution is 0.793. The van der Waals surface area contributed by atoms with Crippen molar-refractivity contribution in [3.05, 3.63) is 51.4 Å². The first-order valence-electron chi connectivity index (χ1n) is 6.40. The summed E-state index contributed by atoms with van der Waals surface area (Å²) in [5.41, 5.74) is 4.20. The maximum atomic E-state index is 4.46. The first-order valence-corrected chi connectivity index (χ1v) is 8.14. The van der Waals surface area contributed by atoms with Gasteiger partial charge in [-0.3, -0.25) is 9.97 Å². The van der Waals surface area contributed by atoms with E-state index >= 15 is 0 Å². The number of hydrogen-bond acceptors (Lipinski definition) is 4. The minimum absolute atomic E-state index is 0.348. The summed E-state index contributed by atoms with van der Waals surface area (Å²) in [5.74, 6) is 0. The Bertz CT molecular complexity index is 712. The quantitative estimate of drug-likeness (QED) is 0.755. The van der Waals surface area contributed by atoms with Crippen LogP contribution in [-0.4, -0.2) is 16.0 Å². The highest BCUT2D eigenvalue weighted by Gasteiger charge is 2.08. The summed E-state index contributed by atoms with van der Waals surface area (Å²) in [6, 6.07) is 6.48. The van der Waals surface area contributed by atoms with Crippen LogP contribution in [0.25, 0.3) is 11.0 Å². The Balaban J connectivity index is 1.83. The van der Waals surface area contributed by atoms with E-state index in [1.54, 1.807) is 17.5 Å². The molecule has 3 rings (SSSR count). The van der Waals surface area contributed by atoms with Crippen LogP contribution in [0.5, 0.6) is 0 Å². The molecule has 1 N–H and O–H groups in total. The molecule has 0 radical (unpaired) electrons. The van der Waals surface area contributed by atoms with E-state index in [0.717, 1.165) is 27.6 Å². The Morgan fingerprint density at radius 2 is 2.25 bits per heavy atom. The Kier molecular flexibility index (Phi) is 3.98. The third kappa shape index (κ3) is 2.99. The van der Waals surface area contributed by atoms with Gasteiger partial charge in [-0.25, -0.2) is 0 Å². The fourth-order valence-electron chi connectivity index (χ4n) is 2.20. The van der Waals surface area contributed by atoms with Gasteiger partial charge in [0.15, 0.2) is 0 Å². The number of fused-ring (bicyclic) bond motifs is 1. The van der Waals surface area contributed by atoms with Crippen LogP contribution in [-0.2, 0) is 6.42 Å². The van der Waals surface area contributed by atoms with Crippen molar-refractivity contribution in [3.63, 3.8) is 0 Å². The first kappa shape index (κ1) is 13.5. The molecule has 0 aromatic carbocycles. The fraction of sp³-hybridized carbons (Fsp3) is 0.200. The molecular formula is C15H14BrN3S. The van der Waals surface area contributed by atoms with E-state index in [1.165, 1.54) is 5.56 Å². The van der Waals surface area contributed by atoms with Gasteiger partial charge in [0.25, 0.3) is 0 Å². The molecule has 0 saturated carbocycles. The molecule has 3 heterocycles. The fourth-order valence-corrected chi connectivity index (χ4v) is 3.20. The molecule has 0 spiro atoms. The number of rotatable bonds is 4. The van der Waals surface area contributed by atoms with Crippen LogP contribution < -0.4 is 5.32 Å². The standard InChI is InChI=1S/C15H14BrN3S/c1-10(6-11-3-5-20-9-11)19-13-2-4-17-14-7-12(16)8-18-15(13)14/h2-5,7-10H,6H2,1H3,(H,17,19). The van der Waals surface area contributed by atoms with Crippen molar-refractivity contribution < 1.29 is 0 Å². The molecular weight excluding hydrogens is 334 g/mol. The molecule has 20 heavy (non-hydrogen) atoms. The lowest BCUT2D eigenvalue weighted by atomic mass is 10.1. The number of aromatic nitrogens is 2. The second kappa shape index (κ2) is 5.89. The lowest BCUT2D eigenvalue weighted by Crippen LogP contribution is -2.18. The summed E-state index contributed by atoms with van der Waals surface area (Å²) in [4.78, 5) is 8.82. The predicted octanol–water partition coefficient (Wildman–Crippen LogP) is 4.50. The van der Waals surface area contributed by atoms with Crippen molar-refractivity contribution in [1.82, 2.24) is 9.97 Å². The molecule has 0 aliphatic carbocycles. The van der Waals surface area contributed by atoms with Crippen LogP contribution in [0, 0.1) is 0 Å². The number of nitrogens with zero attached hydrogens (tertiary/aromatic N) is 2. The average Bonchev–Trinajstić information content (AvgIpc) is 2.91. The number of halogens is 1. The van der Waals surface area contributed by atoms with Gasteiger partial charge >= 0.3 is 0 Å². The van der Waals surface area contributed by atoms with Crippen molar-refractivity contribution in [3.8, 4) is 0 Å². The maximum Gasteiger partial charge on any atom is 0.112 e. The number of hydrogen-bond donors (Lipinski definition) is 1. The van der Waals surface area contributed by atoms with E-state index < -0.39 is 0 Å². The van der Waals surface area contributed by atoms with Crippen LogP contribution in [0.4, 0.5) is 5.69 Å². The van der Waals surface area contributed by atoms with Crippen molar-refractivity contribution in [2.24, 2.45) is 0 Å². The molecule has 0 bridgehead atoms. The highest BCUT2D eigenvalue weighted by Crippen LogP contribution is 2.23. The largest absolute Gasteiger partial charge is 0.380 e. The molecule has 0 saturated heterocycles. The van der Waals surface area contributed by atoms with Crippen LogP contribution in [0.3, 0.4) is 0 Å². The molecule has 3 aromatic heterocycles. The third-order valence-corrected chi connectivity index (χ3v) is 4.23. The molecule has 1 unspecified atom stereocenters. The second-order valence-corrected chi connectivity index (χ2v) is 6.46. The summed E-state index contributed by atoms with van der Waals surface area (Å²) < 4.78 is 0.945. The number of thiophene rings is 1. The van der Waals surface area contributed by atoms with E-state index in [2.05, 4.69) is 55.0 Å². The highest BCUT2D eigenvalue weighted by molar-refractivity contribution is 9.10. The van der Waals surface area contributed by atoms with Gasteiger partial charge in [0.2, 0.25) is 0 Å². The smallest absolute Gasteiger partial charge is 0.112 e. The van der Waals surface area contributed by atoms with Gasteiger partial charge in [0.05, 0.1) is 11.2 Å². The van der Waals surface area contributed by atoms with E-state index in [-0.39, 0.29) is 0 Å². The molecule has 1 atom stereocenters. The van der Waals surface area contributed by atoms with E-state index in [4.69, 9.17) is 0 Å². The average molecular weight is 348 g/mol. The zero-order valence-corrected chi connectivity index (χ0v) is 13.4. The Morgan fingerprint density at radius 1 is 1.35 bits per heavy atom. The SMILES string of the molecule is CC(Cc1ccsc1)Nc1ccnc2cc(Br)cnc12. The molecule has 3 nitrogen and oxygen atoms in total. The third-order valence-electron chi connectivity index (χ3n) is 3.07. The van der Waals surface area contributed by atoms with Gasteiger partial charge in [0.1, 0.15) is 5.52 Å². The van der Waals surface area contributed by atoms with Crippen molar-refractivity contribution in [2.75, 3.05) is 5.32 Å². The van der Waals surface area contributed by atoms with Gasteiger partial charge in [-0.15, -0.1) is 0 Å². The van der Waals surface area contributed by atoms with Crippen molar-refractivity contribution in [1.29, 1.82) is 0 Å². The Hall–Kier alpha value is -1.46. The number of nitrogens with one attached hydrogen (secondary N) is 1.